The predicted molar refractivity (Wildman–Crippen MR) is 118 cm³/mol. The first-order valence-corrected chi connectivity index (χ1v) is 10.9. The summed E-state index contributed by atoms with van der Waals surface area (Å²) in [6, 6.07) is 14.4. The van der Waals surface area contributed by atoms with Crippen LogP contribution in [0.3, 0.4) is 0 Å². The molecule has 0 radical (unpaired) electrons. The number of piperazine rings is 1. The lowest BCUT2D eigenvalue weighted by atomic mass is 9.89. The number of nitrogens with one attached hydrogen (secondary N) is 2. The monoisotopic (exact) mass is 419 g/mol. The van der Waals surface area contributed by atoms with Crippen LogP contribution < -0.4 is 10.6 Å². The Morgan fingerprint density at radius 3 is 2.29 bits per heavy atom. The largest absolute Gasteiger partial charge is 0.355 e. The Kier molecular flexibility index (Phi) is 5.81. The molecule has 2 N–H and O–H groups in total. The molecule has 1 saturated heterocycles. The van der Waals surface area contributed by atoms with Gasteiger partial charge in [0.15, 0.2) is 0 Å². The Morgan fingerprint density at radius 1 is 1.06 bits per heavy atom. The van der Waals surface area contributed by atoms with Crippen LogP contribution in [0.2, 0.25) is 0 Å². The summed E-state index contributed by atoms with van der Waals surface area (Å²) in [4.78, 5) is 40.8. The van der Waals surface area contributed by atoms with Crippen molar-refractivity contribution in [2.24, 2.45) is 11.8 Å². The van der Waals surface area contributed by atoms with E-state index in [1.54, 1.807) is 24.1 Å². The lowest BCUT2D eigenvalue weighted by Gasteiger charge is -2.42. The highest BCUT2D eigenvalue weighted by Crippen LogP contribution is 2.32. The molecule has 0 bridgehead atoms. The molecule has 1 aliphatic heterocycles. The predicted octanol–water partition coefficient (Wildman–Crippen LogP) is 2.31. The van der Waals surface area contributed by atoms with Crippen molar-refractivity contribution >= 4 is 17.7 Å². The Balaban J connectivity index is 1.64. The first-order valence-electron chi connectivity index (χ1n) is 10.9. The van der Waals surface area contributed by atoms with E-state index in [9.17, 15) is 14.4 Å². The molecule has 0 spiro atoms. The van der Waals surface area contributed by atoms with Crippen molar-refractivity contribution in [1.82, 2.24) is 15.5 Å². The van der Waals surface area contributed by atoms with Crippen molar-refractivity contribution in [3.05, 3.63) is 70.8 Å². The van der Waals surface area contributed by atoms with Gasteiger partial charge in [-0.05, 0) is 47.4 Å². The van der Waals surface area contributed by atoms with Gasteiger partial charge >= 0.3 is 0 Å². The van der Waals surface area contributed by atoms with E-state index in [1.165, 1.54) is 11.1 Å². The van der Waals surface area contributed by atoms with E-state index < -0.39 is 12.1 Å². The second-order valence-corrected chi connectivity index (χ2v) is 8.81. The fourth-order valence-electron chi connectivity index (χ4n) is 4.94. The number of hydrogen-bond donors (Lipinski definition) is 2. The number of rotatable bonds is 5. The highest BCUT2D eigenvalue weighted by molar-refractivity contribution is 5.98. The van der Waals surface area contributed by atoms with Gasteiger partial charge in [0.05, 0.1) is 0 Å². The van der Waals surface area contributed by atoms with Crippen molar-refractivity contribution in [2.45, 2.75) is 45.3 Å². The third-order valence-electron chi connectivity index (χ3n) is 6.47. The standard InChI is InChI=1S/C25H29N3O3/c1-15(2)22-24(30)27-21(19-12-16-8-4-5-9-17(16)13-19)25(31)28(22)14-18-10-6-7-11-20(18)23(29)26-3/h4-11,15,19,21-22H,12-14H2,1-3H3,(H,26,29)(H,27,30)/t21-,22-/m1/s1. The second kappa shape index (κ2) is 8.53. The van der Waals surface area contributed by atoms with Crippen molar-refractivity contribution < 1.29 is 14.4 Å². The van der Waals surface area contributed by atoms with Gasteiger partial charge in [0.25, 0.3) is 5.91 Å². The molecule has 1 heterocycles. The maximum atomic E-state index is 13.7. The van der Waals surface area contributed by atoms with Crippen LogP contribution in [-0.4, -0.2) is 41.8 Å². The summed E-state index contributed by atoms with van der Waals surface area (Å²) in [5.74, 6) is -0.388. The zero-order valence-electron chi connectivity index (χ0n) is 18.2. The molecule has 31 heavy (non-hydrogen) atoms. The van der Waals surface area contributed by atoms with E-state index >= 15 is 0 Å². The molecule has 0 unspecified atom stereocenters. The van der Waals surface area contributed by atoms with Gasteiger partial charge in [-0.15, -0.1) is 0 Å². The molecule has 4 rings (SSSR count). The van der Waals surface area contributed by atoms with E-state index in [1.807, 2.05) is 38.1 Å². The number of carbonyl (C=O) groups is 3. The van der Waals surface area contributed by atoms with Crippen molar-refractivity contribution in [3.63, 3.8) is 0 Å². The molecule has 2 aromatic carbocycles. The Morgan fingerprint density at radius 2 is 1.68 bits per heavy atom. The first kappa shape index (κ1) is 21.1. The average Bonchev–Trinajstić information content (AvgIpc) is 3.19. The van der Waals surface area contributed by atoms with Crippen LogP contribution in [0.1, 0.15) is 40.9 Å². The third kappa shape index (κ3) is 3.94. The maximum absolute atomic E-state index is 13.7. The zero-order valence-corrected chi connectivity index (χ0v) is 18.2. The van der Waals surface area contributed by atoms with Gasteiger partial charge in [-0.25, -0.2) is 0 Å². The molecule has 0 aromatic heterocycles. The van der Waals surface area contributed by atoms with Gasteiger partial charge in [0, 0.05) is 19.2 Å². The summed E-state index contributed by atoms with van der Waals surface area (Å²) in [6.07, 6.45) is 1.56. The molecular weight excluding hydrogens is 390 g/mol. The van der Waals surface area contributed by atoms with Crippen LogP contribution in [0.15, 0.2) is 48.5 Å². The SMILES string of the molecule is CNC(=O)c1ccccc1CN1C(=O)[C@@H](C2Cc3ccccc3C2)NC(=O)[C@H]1C(C)C. The fourth-order valence-corrected chi connectivity index (χ4v) is 4.94. The fraction of sp³-hybridized carbons (Fsp3) is 0.400. The van der Waals surface area contributed by atoms with Crippen LogP contribution in [0.25, 0.3) is 0 Å². The normalized spacial score (nSPS) is 21.2. The van der Waals surface area contributed by atoms with Crippen LogP contribution in [0, 0.1) is 11.8 Å². The van der Waals surface area contributed by atoms with Crippen molar-refractivity contribution in [2.75, 3.05) is 7.05 Å². The smallest absolute Gasteiger partial charge is 0.251 e. The second-order valence-electron chi connectivity index (χ2n) is 8.81. The summed E-state index contributed by atoms with van der Waals surface area (Å²) in [7, 11) is 1.59. The first-order chi connectivity index (χ1) is 14.9. The Hall–Kier alpha value is -3.15. The highest BCUT2D eigenvalue weighted by Gasteiger charge is 2.46. The lowest BCUT2D eigenvalue weighted by Crippen LogP contribution is -2.66. The molecule has 3 amide bonds. The third-order valence-corrected chi connectivity index (χ3v) is 6.47. The molecule has 6 nitrogen and oxygen atoms in total. The molecule has 1 aliphatic carbocycles. The molecule has 0 saturated carbocycles. The van der Waals surface area contributed by atoms with Gasteiger partial charge in [-0.3, -0.25) is 14.4 Å². The van der Waals surface area contributed by atoms with Crippen LogP contribution >= 0.6 is 0 Å². The van der Waals surface area contributed by atoms with E-state index in [0.29, 0.717) is 5.56 Å². The van der Waals surface area contributed by atoms with E-state index in [4.69, 9.17) is 0 Å². The Labute approximate surface area is 183 Å². The van der Waals surface area contributed by atoms with Gasteiger partial charge in [0.1, 0.15) is 12.1 Å². The van der Waals surface area contributed by atoms with Gasteiger partial charge in [-0.2, -0.15) is 0 Å². The highest BCUT2D eigenvalue weighted by atomic mass is 16.2. The summed E-state index contributed by atoms with van der Waals surface area (Å²) < 4.78 is 0. The quantitative estimate of drug-likeness (QED) is 0.781. The topological polar surface area (TPSA) is 78.5 Å². The van der Waals surface area contributed by atoms with Gasteiger partial charge < -0.3 is 15.5 Å². The minimum atomic E-state index is -0.565. The van der Waals surface area contributed by atoms with Gasteiger partial charge in [-0.1, -0.05) is 56.3 Å². The number of hydrogen-bond acceptors (Lipinski definition) is 3. The van der Waals surface area contributed by atoms with Crippen molar-refractivity contribution in [1.29, 1.82) is 0 Å². The molecule has 1 fully saturated rings. The minimum absolute atomic E-state index is 0.0404. The molecule has 2 aliphatic rings. The molecule has 2 atom stereocenters. The Bertz CT molecular complexity index is 992. The summed E-state index contributed by atoms with van der Waals surface area (Å²) >= 11 is 0. The average molecular weight is 420 g/mol. The van der Waals surface area contributed by atoms with Crippen LogP contribution in [-0.2, 0) is 29.0 Å². The zero-order chi connectivity index (χ0) is 22.1. The van der Waals surface area contributed by atoms with Gasteiger partial charge in [0.2, 0.25) is 11.8 Å². The van der Waals surface area contributed by atoms with Crippen LogP contribution in [0.5, 0.6) is 0 Å². The summed E-state index contributed by atoms with van der Waals surface area (Å²) in [6.45, 7) is 4.12. The number of nitrogens with zero attached hydrogens (tertiary/aromatic N) is 1. The number of amides is 3. The molecular formula is C25H29N3O3. The van der Waals surface area contributed by atoms with E-state index in [2.05, 4.69) is 22.8 Å². The molecule has 162 valence electrons. The maximum Gasteiger partial charge on any atom is 0.251 e. The lowest BCUT2D eigenvalue weighted by molar-refractivity contribution is -0.153. The van der Waals surface area contributed by atoms with Crippen molar-refractivity contribution in [3.8, 4) is 0 Å². The number of benzene rings is 2. The van der Waals surface area contributed by atoms with E-state index in [0.717, 1.165) is 18.4 Å². The number of carbonyl (C=O) groups excluding carboxylic acids is 3. The molecule has 6 heteroatoms. The molecule has 2 aromatic rings. The summed E-state index contributed by atoms with van der Waals surface area (Å²) in [5, 5.41) is 5.68. The minimum Gasteiger partial charge on any atom is -0.355 e. The summed E-state index contributed by atoms with van der Waals surface area (Å²) in [5.41, 5.74) is 3.76. The van der Waals surface area contributed by atoms with E-state index in [-0.39, 0.29) is 36.1 Å². The van der Waals surface area contributed by atoms with Crippen LogP contribution in [0.4, 0.5) is 0 Å². The number of fused-ring (bicyclic) bond motifs is 1.